The number of nitrogens with one attached hydrogen (secondary N) is 2. The van der Waals surface area contributed by atoms with Crippen molar-refractivity contribution in [2.75, 3.05) is 0 Å². The highest BCUT2D eigenvalue weighted by atomic mass is 28.3. The Kier molecular flexibility index (Phi) is 4.36. The third-order valence-corrected chi connectivity index (χ3v) is 10.8. The summed E-state index contributed by atoms with van der Waals surface area (Å²) in [5.41, 5.74) is 10.8. The van der Waals surface area contributed by atoms with Crippen LogP contribution < -0.4 is 15.6 Å². The predicted octanol–water partition coefficient (Wildman–Crippen LogP) is 4.88. The molecule has 5 aromatic rings. The summed E-state index contributed by atoms with van der Waals surface area (Å²) in [5.74, 6) is 0. The molecule has 8 bridgehead atoms. The van der Waals surface area contributed by atoms with Crippen molar-refractivity contribution in [1.29, 1.82) is 0 Å². The van der Waals surface area contributed by atoms with E-state index in [1.165, 1.54) is 26.7 Å². The minimum absolute atomic E-state index is 0.936. The van der Waals surface area contributed by atoms with Gasteiger partial charge in [0.1, 0.15) is 8.80 Å². The molecule has 3 aliphatic rings. The van der Waals surface area contributed by atoms with E-state index in [0.717, 1.165) is 44.8 Å². The minimum atomic E-state index is -1.80. The smallest absolute Gasteiger partial charge is 0.140 e. The van der Waals surface area contributed by atoms with Crippen LogP contribution in [0, 0.1) is 0 Å². The van der Waals surface area contributed by atoms with Crippen molar-refractivity contribution < 1.29 is 0 Å². The molecule has 0 amide bonds. The molecule has 6 heterocycles. The summed E-state index contributed by atoms with van der Waals surface area (Å²) in [6.45, 7) is 0. The van der Waals surface area contributed by atoms with Crippen LogP contribution in [0.3, 0.4) is 0 Å². The second-order valence-electron chi connectivity index (χ2n) is 9.70. The largest absolute Gasteiger partial charge is 0.355 e. The van der Waals surface area contributed by atoms with E-state index >= 15 is 0 Å². The van der Waals surface area contributed by atoms with Crippen molar-refractivity contribution in [1.82, 2.24) is 19.9 Å². The molecule has 2 aromatic carbocycles. The molecule has 0 spiro atoms. The highest BCUT2D eigenvalue weighted by Crippen LogP contribution is 2.24. The fourth-order valence-corrected chi connectivity index (χ4v) is 9.43. The van der Waals surface area contributed by atoms with Gasteiger partial charge in [-0.05, 0) is 93.5 Å². The molecular weight excluding hydrogens is 468 g/mol. The van der Waals surface area contributed by atoms with E-state index in [-0.39, 0.29) is 0 Å². The standard InChI is InChI=1S/C32H22N4Si/c1-3-7-30-26(5-1)27-6-2-4-8-31(27)37(30)32-28-15-13-24(35-28)18-22-11-9-20(33-22)17-21-10-12-23(34-21)19-25-14-16-29(32)36-25/h1-19,33,36-37H. The topological polar surface area (TPSA) is 57.4 Å². The number of aromatic nitrogens is 4. The predicted molar refractivity (Wildman–Crippen MR) is 157 cm³/mol. The summed E-state index contributed by atoms with van der Waals surface area (Å²) in [6.07, 6.45) is 8.42. The number of hydrogen-bond acceptors (Lipinski definition) is 2. The van der Waals surface area contributed by atoms with Crippen LogP contribution >= 0.6 is 0 Å². The highest BCUT2D eigenvalue weighted by Gasteiger charge is 2.33. The van der Waals surface area contributed by atoms with Crippen molar-refractivity contribution in [2.45, 2.75) is 0 Å². The Morgan fingerprint density at radius 2 is 1.05 bits per heavy atom. The molecule has 0 saturated carbocycles. The Hall–Kier alpha value is -4.74. The van der Waals surface area contributed by atoms with Crippen LogP contribution in [0.4, 0.5) is 0 Å². The van der Waals surface area contributed by atoms with Gasteiger partial charge in [0.2, 0.25) is 0 Å². The Balaban J connectivity index is 1.48. The first-order valence-electron chi connectivity index (χ1n) is 12.5. The lowest BCUT2D eigenvalue weighted by atomic mass is 10.1. The number of aromatic amines is 2. The number of nitrogens with zero attached hydrogens (tertiary/aromatic N) is 2. The zero-order chi connectivity index (χ0) is 24.3. The number of rotatable bonds is 1. The van der Waals surface area contributed by atoms with Gasteiger partial charge >= 0.3 is 0 Å². The molecule has 0 saturated heterocycles. The Morgan fingerprint density at radius 3 is 1.73 bits per heavy atom. The quantitative estimate of drug-likeness (QED) is 0.322. The molecule has 0 atom stereocenters. The molecule has 3 aliphatic heterocycles. The zero-order valence-corrected chi connectivity index (χ0v) is 21.1. The SMILES string of the molecule is C1=Cc2cc3ccc([nH]3)c([SiH]3c4ccccc4-c4ccccc43)c3nc(cc4ccc(cc1n2)[nH]4)C=C3. The van der Waals surface area contributed by atoms with Crippen molar-refractivity contribution in [3.8, 4) is 11.1 Å². The molecule has 0 fully saturated rings. The van der Waals surface area contributed by atoms with Crippen molar-refractivity contribution in [2.24, 2.45) is 0 Å². The summed E-state index contributed by atoms with van der Waals surface area (Å²) in [6, 6.07) is 32.6. The van der Waals surface area contributed by atoms with Crippen molar-refractivity contribution >= 4 is 70.7 Å². The maximum Gasteiger partial charge on any atom is 0.140 e. The normalized spacial score (nSPS) is 13.6. The molecule has 174 valence electrons. The number of H-pyrrole nitrogens is 2. The fraction of sp³-hybridized carbons (Fsp3) is 0. The molecule has 0 radical (unpaired) electrons. The third kappa shape index (κ3) is 3.36. The van der Waals surface area contributed by atoms with Gasteiger partial charge < -0.3 is 9.97 Å². The Morgan fingerprint density at radius 1 is 0.514 bits per heavy atom. The molecule has 2 N–H and O–H groups in total. The average Bonchev–Trinajstić information content (AvgIpc) is 3.74. The maximum absolute atomic E-state index is 5.16. The zero-order valence-electron chi connectivity index (χ0n) is 19.9. The Bertz CT molecular complexity index is 1910. The lowest BCUT2D eigenvalue weighted by Crippen LogP contribution is -2.50. The van der Waals surface area contributed by atoms with Gasteiger partial charge in [0, 0.05) is 22.1 Å². The van der Waals surface area contributed by atoms with E-state index in [9.17, 15) is 0 Å². The molecule has 0 aliphatic carbocycles. The number of fused-ring (bicyclic) bond motifs is 11. The average molecular weight is 491 g/mol. The molecule has 4 nitrogen and oxygen atoms in total. The van der Waals surface area contributed by atoms with E-state index in [0.29, 0.717) is 0 Å². The van der Waals surface area contributed by atoms with Gasteiger partial charge in [0.15, 0.2) is 0 Å². The molecule has 8 rings (SSSR count). The summed E-state index contributed by atoms with van der Waals surface area (Å²) in [5, 5.41) is 4.22. The van der Waals surface area contributed by atoms with Gasteiger partial charge in [-0.1, -0.05) is 48.5 Å². The summed E-state index contributed by atoms with van der Waals surface area (Å²) in [7, 11) is -1.80. The third-order valence-electron chi connectivity index (χ3n) is 7.38. The van der Waals surface area contributed by atoms with Crippen LogP contribution in [0.2, 0.25) is 0 Å². The van der Waals surface area contributed by atoms with E-state index in [1.54, 1.807) is 0 Å². The molecule has 37 heavy (non-hydrogen) atoms. The Labute approximate surface area is 215 Å². The summed E-state index contributed by atoms with van der Waals surface area (Å²) < 4.78 is 0. The monoisotopic (exact) mass is 490 g/mol. The van der Waals surface area contributed by atoms with Crippen LogP contribution in [-0.2, 0) is 0 Å². The van der Waals surface area contributed by atoms with Crippen LogP contribution in [0.5, 0.6) is 0 Å². The van der Waals surface area contributed by atoms with Crippen LogP contribution in [0.25, 0.3) is 57.5 Å². The first kappa shape index (κ1) is 20.4. The second kappa shape index (κ2) is 7.88. The van der Waals surface area contributed by atoms with Gasteiger partial charge in [-0.25, -0.2) is 9.97 Å². The number of benzene rings is 2. The molecule has 0 unspecified atom stereocenters. The lowest BCUT2D eigenvalue weighted by molar-refractivity contribution is 1.32. The number of hydrogen-bond donors (Lipinski definition) is 2. The van der Waals surface area contributed by atoms with Crippen LogP contribution in [0.1, 0.15) is 22.8 Å². The molecule has 3 aromatic heterocycles. The van der Waals surface area contributed by atoms with Crippen LogP contribution in [0.15, 0.2) is 91.0 Å². The van der Waals surface area contributed by atoms with Gasteiger partial charge in [0.25, 0.3) is 0 Å². The minimum Gasteiger partial charge on any atom is -0.355 e. The summed E-state index contributed by atoms with van der Waals surface area (Å²) in [4.78, 5) is 17.2. The van der Waals surface area contributed by atoms with Crippen LogP contribution in [-0.4, -0.2) is 28.7 Å². The summed E-state index contributed by atoms with van der Waals surface area (Å²) >= 11 is 0. The van der Waals surface area contributed by atoms with Crippen molar-refractivity contribution in [3.05, 3.63) is 114 Å². The van der Waals surface area contributed by atoms with E-state index in [1.807, 2.05) is 0 Å². The molecule has 5 heteroatoms. The van der Waals surface area contributed by atoms with Gasteiger partial charge in [-0.3, -0.25) is 0 Å². The second-order valence-corrected chi connectivity index (χ2v) is 12.4. The first-order chi connectivity index (χ1) is 18.3. The van der Waals surface area contributed by atoms with E-state index in [4.69, 9.17) is 9.97 Å². The van der Waals surface area contributed by atoms with Gasteiger partial charge in [-0.2, -0.15) is 0 Å². The van der Waals surface area contributed by atoms with E-state index < -0.39 is 8.80 Å². The maximum atomic E-state index is 5.16. The fourth-order valence-electron chi connectivity index (χ4n) is 5.80. The van der Waals surface area contributed by atoms with Crippen molar-refractivity contribution in [3.63, 3.8) is 0 Å². The lowest BCUT2D eigenvalue weighted by Gasteiger charge is -2.14. The highest BCUT2D eigenvalue weighted by molar-refractivity contribution is 7.00. The van der Waals surface area contributed by atoms with Gasteiger partial charge in [-0.15, -0.1) is 0 Å². The first-order valence-corrected chi connectivity index (χ1v) is 14.3. The van der Waals surface area contributed by atoms with Gasteiger partial charge in [0.05, 0.1) is 22.8 Å². The molecular formula is C32H22N4Si. The van der Waals surface area contributed by atoms with E-state index in [2.05, 4.69) is 125 Å².